The minimum atomic E-state index is -0.414. The molecule has 2 heterocycles. The molecular weight excluding hydrogens is 504 g/mol. The number of halogens is 1. The highest BCUT2D eigenvalue weighted by Crippen LogP contribution is 2.30. The van der Waals surface area contributed by atoms with Crippen LogP contribution in [-0.2, 0) is 4.74 Å². The zero-order valence-electron chi connectivity index (χ0n) is 20.8. The highest BCUT2D eigenvalue weighted by atomic mass is 35.5. The standard InChI is InChI=1S/C29H27ClN4O4/c1-19-6-2-10-23(14-19)34-29(36)27(26(18-32-34)38-24-11-4-8-21(30)16-24)33-22-9-3-7-20(15-22)28(35)31-17-25-12-5-13-37-25/h2-4,6-11,14-16,18,25,33H,5,12-13,17H2,1H3,(H,31,35). The lowest BCUT2D eigenvalue weighted by Gasteiger charge is -2.15. The number of nitrogens with one attached hydrogen (secondary N) is 2. The maximum Gasteiger partial charge on any atom is 0.299 e. The fourth-order valence-electron chi connectivity index (χ4n) is 4.23. The van der Waals surface area contributed by atoms with Crippen LogP contribution in [-0.4, -0.2) is 34.9 Å². The summed E-state index contributed by atoms with van der Waals surface area (Å²) in [5, 5.41) is 10.9. The van der Waals surface area contributed by atoms with E-state index in [1.165, 1.54) is 10.9 Å². The third kappa shape index (κ3) is 6.04. The van der Waals surface area contributed by atoms with Crippen LogP contribution in [0.5, 0.6) is 11.5 Å². The summed E-state index contributed by atoms with van der Waals surface area (Å²) in [6.45, 7) is 3.13. The average molecular weight is 531 g/mol. The van der Waals surface area contributed by atoms with Crippen LogP contribution in [0.1, 0.15) is 28.8 Å². The number of benzene rings is 3. The van der Waals surface area contributed by atoms with Gasteiger partial charge in [0.1, 0.15) is 5.75 Å². The molecule has 4 aromatic rings. The molecule has 0 aliphatic carbocycles. The summed E-state index contributed by atoms with van der Waals surface area (Å²) >= 11 is 6.12. The van der Waals surface area contributed by atoms with Crippen molar-refractivity contribution in [2.24, 2.45) is 0 Å². The van der Waals surface area contributed by atoms with Gasteiger partial charge in [-0.25, -0.2) is 0 Å². The fraction of sp³-hybridized carbons (Fsp3) is 0.207. The van der Waals surface area contributed by atoms with E-state index in [4.69, 9.17) is 21.1 Å². The van der Waals surface area contributed by atoms with Crippen molar-refractivity contribution in [1.82, 2.24) is 15.1 Å². The molecule has 1 aliphatic rings. The lowest BCUT2D eigenvalue weighted by atomic mass is 10.1. The van der Waals surface area contributed by atoms with Gasteiger partial charge in [0, 0.05) is 29.4 Å². The van der Waals surface area contributed by atoms with Crippen LogP contribution in [0.15, 0.2) is 83.8 Å². The number of aryl methyl sites for hydroxylation is 1. The summed E-state index contributed by atoms with van der Waals surface area (Å²) in [7, 11) is 0. The van der Waals surface area contributed by atoms with Crippen LogP contribution in [0.4, 0.5) is 11.4 Å². The highest BCUT2D eigenvalue weighted by Gasteiger charge is 2.18. The molecule has 0 radical (unpaired) electrons. The maximum absolute atomic E-state index is 13.7. The summed E-state index contributed by atoms with van der Waals surface area (Å²) in [6.07, 6.45) is 3.46. The van der Waals surface area contributed by atoms with Crippen LogP contribution >= 0.6 is 11.6 Å². The van der Waals surface area contributed by atoms with E-state index < -0.39 is 5.56 Å². The molecule has 5 rings (SSSR count). The highest BCUT2D eigenvalue weighted by molar-refractivity contribution is 6.30. The van der Waals surface area contributed by atoms with Gasteiger partial charge in [-0.05, 0) is 73.9 Å². The van der Waals surface area contributed by atoms with Crippen molar-refractivity contribution in [3.05, 3.63) is 105 Å². The number of amides is 1. The Morgan fingerprint density at radius 1 is 1.13 bits per heavy atom. The van der Waals surface area contributed by atoms with E-state index in [9.17, 15) is 9.59 Å². The van der Waals surface area contributed by atoms with E-state index in [1.807, 2.05) is 31.2 Å². The van der Waals surface area contributed by atoms with Gasteiger partial charge in [0.25, 0.3) is 11.5 Å². The molecule has 38 heavy (non-hydrogen) atoms. The first-order chi connectivity index (χ1) is 18.5. The van der Waals surface area contributed by atoms with Crippen molar-refractivity contribution in [3.8, 4) is 17.2 Å². The third-order valence-electron chi connectivity index (χ3n) is 6.12. The first kappa shape index (κ1) is 25.5. The van der Waals surface area contributed by atoms with Gasteiger partial charge in [-0.1, -0.05) is 35.9 Å². The van der Waals surface area contributed by atoms with Gasteiger partial charge in [0.2, 0.25) is 0 Å². The van der Waals surface area contributed by atoms with Crippen molar-refractivity contribution in [2.45, 2.75) is 25.9 Å². The summed E-state index contributed by atoms with van der Waals surface area (Å²) in [5.74, 6) is 0.457. The quantitative estimate of drug-likeness (QED) is 0.306. The van der Waals surface area contributed by atoms with Crippen molar-refractivity contribution >= 4 is 28.9 Å². The predicted octanol–water partition coefficient (Wildman–Crippen LogP) is 5.64. The van der Waals surface area contributed by atoms with Gasteiger partial charge < -0.3 is 20.1 Å². The van der Waals surface area contributed by atoms with Gasteiger partial charge in [0.05, 0.1) is 18.0 Å². The number of anilines is 2. The Bertz CT molecular complexity index is 1510. The lowest BCUT2D eigenvalue weighted by molar-refractivity contribution is 0.0858. The lowest BCUT2D eigenvalue weighted by Crippen LogP contribution is -2.31. The monoisotopic (exact) mass is 530 g/mol. The minimum Gasteiger partial charge on any atom is -0.453 e. The largest absolute Gasteiger partial charge is 0.453 e. The van der Waals surface area contributed by atoms with Crippen molar-refractivity contribution in [3.63, 3.8) is 0 Å². The number of carbonyl (C=O) groups excluding carboxylic acids is 1. The molecule has 1 amide bonds. The molecule has 8 nitrogen and oxygen atoms in total. The summed E-state index contributed by atoms with van der Waals surface area (Å²) < 4.78 is 12.9. The van der Waals surface area contributed by atoms with Gasteiger partial charge in [-0.2, -0.15) is 9.78 Å². The molecule has 1 aromatic heterocycles. The second-order valence-electron chi connectivity index (χ2n) is 9.05. The van der Waals surface area contributed by atoms with Gasteiger partial charge in [0.15, 0.2) is 11.4 Å². The molecule has 1 atom stereocenters. The van der Waals surface area contributed by atoms with Crippen molar-refractivity contribution < 1.29 is 14.3 Å². The number of rotatable bonds is 8. The Hall–Kier alpha value is -4.14. The number of aromatic nitrogens is 2. The van der Waals surface area contributed by atoms with E-state index in [0.29, 0.717) is 34.3 Å². The Morgan fingerprint density at radius 2 is 1.97 bits per heavy atom. The molecular formula is C29H27ClN4O4. The number of carbonyl (C=O) groups is 1. The fourth-order valence-corrected chi connectivity index (χ4v) is 4.41. The number of hydrogen-bond donors (Lipinski definition) is 2. The second kappa shape index (κ2) is 11.5. The molecule has 1 unspecified atom stereocenters. The molecule has 0 spiro atoms. The minimum absolute atomic E-state index is 0.0448. The molecule has 0 saturated carbocycles. The first-order valence-corrected chi connectivity index (χ1v) is 12.7. The van der Waals surface area contributed by atoms with E-state index in [2.05, 4.69) is 15.7 Å². The number of nitrogens with zero attached hydrogens (tertiary/aromatic N) is 2. The van der Waals surface area contributed by atoms with Crippen LogP contribution in [0.25, 0.3) is 5.69 Å². The summed E-state index contributed by atoms with van der Waals surface area (Å²) in [4.78, 5) is 26.4. The van der Waals surface area contributed by atoms with E-state index in [-0.39, 0.29) is 23.4 Å². The Morgan fingerprint density at radius 3 is 2.76 bits per heavy atom. The smallest absolute Gasteiger partial charge is 0.299 e. The van der Waals surface area contributed by atoms with E-state index >= 15 is 0 Å². The van der Waals surface area contributed by atoms with Gasteiger partial charge in [-0.3, -0.25) is 9.59 Å². The molecule has 1 aliphatic heterocycles. The summed E-state index contributed by atoms with van der Waals surface area (Å²) in [6, 6.07) is 21.3. The molecule has 3 aromatic carbocycles. The molecule has 1 fully saturated rings. The van der Waals surface area contributed by atoms with Crippen LogP contribution < -0.4 is 20.9 Å². The normalized spacial score (nSPS) is 14.7. The zero-order chi connectivity index (χ0) is 26.5. The SMILES string of the molecule is Cc1cccc(-n2ncc(Oc3cccc(Cl)c3)c(Nc3cccc(C(=O)NCC4CCCO4)c3)c2=O)c1. The van der Waals surface area contributed by atoms with Crippen LogP contribution in [0.3, 0.4) is 0 Å². The molecule has 194 valence electrons. The number of ether oxygens (including phenoxy) is 2. The third-order valence-corrected chi connectivity index (χ3v) is 6.36. The molecule has 1 saturated heterocycles. The Balaban J connectivity index is 1.46. The predicted molar refractivity (Wildman–Crippen MR) is 147 cm³/mol. The molecule has 0 bridgehead atoms. The molecule has 9 heteroatoms. The Labute approximate surface area is 225 Å². The van der Waals surface area contributed by atoms with Crippen LogP contribution in [0.2, 0.25) is 5.02 Å². The van der Waals surface area contributed by atoms with E-state index in [0.717, 1.165) is 25.0 Å². The van der Waals surface area contributed by atoms with Crippen molar-refractivity contribution in [2.75, 3.05) is 18.5 Å². The zero-order valence-corrected chi connectivity index (χ0v) is 21.6. The van der Waals surface area contributed by atoms with Crippen LogP contribution in [0, 0.1) is 6.92 Å². The summed E-state index contributed by atoms with van der Waals surface area (Å²) in [5.41, 5.74) is 2.37. The van der Waals surface area contributed by atoms with Gasteiger partial charge >= 0.3 is 0 Å². The Kier molecular flexibility index (Phi) is 7.72. The maximum atomic E-state index is 13.7. The number of hydrogen-bond acceptors (Lipinski definition) is 6. The topological polar surface area (TPSA) is 94.5 Å². The second-order valence-corrected chi connectivity index (χ2v) is 9.49. The van der Waals surface area contributed by atoms with E-state index in [1.54, 1.807) is 48.5 Å². The average Bonchev–Trinajstić information content (AvgIpc) is 3.43. The van der Waals surface area contributed by atoms with Crippen molar-refractivity contribution in [1.29, 1.82) is 0 Å². The first-order valence-electron chi connectivity index (χ1n) is 12.4. The van der Waals surface area contributed by atoms with Gasteiger partial charge in [-0.15, -0.1) is 0 Å². The molecule has 2 N–H and O–H groups in total.